The number of carbonyl (C=O) groups is 1. The van der Waals surface area contributed by atoms with E-state index in [0.717, 1.165) is 30.5 Å². The lowest BCUT2D eigenvalue weighted by Crippen LogP contribution is -2.49. The lowest BCUT2D eigenvalue weighted by Gasteiger charge is -2.39. The predicted molar refractivity (Wildman–Crippen MR) is 107 cm³/mol. The van der Waals surface area contributed by atoms with Gasteiger partial charge in [-0.2, -0.15) is 5.10 Å². The first-order valence-corrected chi connectivity index (χ1v) is 9.77. The summed E-state index contributed by atoms with van der Waals surface area (Å²) in [7, 11) is 0. The third-order valence-electron chi connectivity index (χ3n) is 5.62. The van der Waals surface area contributed by atoms with E-state index in [1.165, 1.54) is 17.1 Å². The van der Waals surface area contributed by atoms with Gasteiger partial charge in [0.25, 0.3) is 5.56 Å². The van der Waals surface area contributed by atoms with Crippen LogP contribution in [0.1, 0.15) is 38.7 Å². The van der Waals surface area contributed by atoms with Crippen molar-refractivity contribution in [3.63, 3.8) is 0 Å². The van der Waals surface area contributed by atoms with Gasteiger partial charge in [0.15, 0.2) is 5.65 Å². The lowest BCUT2D eigenvalue weighted by atomic mass is 9.97. The molecule has 1 aromatic carbocycles. The van der Waals surface area contributed by atoms with Crippen LogP contribution >= 0.6 is 0 Å². The highest BCUT2D eigenvalue weighted by Crippen LogP contribution is 2.23. The average Bonchev–Trinajstić information content (AvgIpc) is 3.09. The molecule has 4 rings (SSSR count). The Morgan fingerprint density at radius 1 is 1.14 bits per heavy atom. The summed E-state index contributed by atoms with van der Waals surface area (Å²) in [6.45, 7) is 6.17. The minimum absolute atomic E-state index is 0.00612. The van der Waals surface area contributed by atoms with Crippen molar-refractivity contribution in [2.75, 3.05) is 0 Å². The zero-order valence-electron chi connectivity index (χ0n) is 16.5. The van der Waals surface area contributed by atoms with Crippen LogP contribution in [0.2, 0.25) is 0 Å². The van der Waals surface area contributed by atoms with E-state index in [1.807, 2.05) is 36.1 Å². The number of aryl methyl sites for hydroxylation is 1. The molecule has 1 aliphatic rings. The van der Waals surface area contributed by atoms with E-state index in [9.17, 15) is 9.59 Å². The van der Waals surface area contributed by atoms with E-state index in [2.05, 4.69) is 23.9 Å². The van der Waals surface area contributed by atoms with Gasteiger partial charge in [-0.3, -0.25) is 14.2 Å². The summed E-state index contributed by atoms with van der Waals surface area (Å²) in [5.74, 6) is -0.0334. The van der Waals surface area contributed by atoms with Crippen LogP contribution in [0, 0.1) is 6.92 Å². The van der Waals surface area contributed by atoms with E-state index >= 15 is 0 Å². The number of fused-ring (bicyclic) bond motifs is 1. The fourth-order valence-electron chi connectivity index (χ4n) is 4.08. The normalized spacial score (nSPS) is 19.9. The standard InChI is InChI=1S/C21H25N5O2/c1-14-7-9-17(10-8-14)26-20-18(11-23-26)21(28)24(13-22-20)12-19(27)25-15(2)5-4-6-16(25)3/h7-11,13,15-16H,4-6,12H2,1-3H3. The van der Waals surface area contributed by atoms with Crippen LogP contribution in [0.15, 0.2) is 41.6 Å². The summed E-state index contributed by atoms with van der Waals surface area (Å²) < 4.78 is 3.04. The van der Waals surface area contributed by atoms with E-state index in [0.29, 0.717) is 11.0 Å². The SMILES string of the molecule is Cc1ccc(-n2ncc3c(=O)n(CC(=O)N4C(C)CCCC4C)cnc32)cc1. The fraction of sp³-hybridized carbons (Fsp3) is 0.429. The molecule has 0 aliphatic carbocycles. The van der Waals surface area contributed by atoms with Gasteiger partial charge in [0, 0.05) is 12.1 Å². The maximum absolute atomic E-state index is 12.9. The van der Waals surface area contributed by atoms with Gasteiger partial charge in [0.05, 0.1) is 11.9 Å². The quantitative estimate of drug-likeness (QED) is 0.701. The molecule has 0 spiro atoms. The molecule has 0 radical (unpaired) electrons. The number of likely N-dealkylation sites (tertiary alicyclic amines) is 1. The zero-order valence-corrected chi connectivity index (χ0v) is 16.5. The molecule has 1 aliphatic heterocycles. The number of nitrogens with zero attached hydrogens (tertiary/aromatic N) is 5. The molecule has 0 saturated carbocycles. The number of hydrogen-bond donors (Lipinski definition) is 0. The molecule has 2 unspecified atom stereocenters. The second kappa shape index (κ2) is 7.22. The number of amides is 1. The van der Waals surface area contributed by atoms with Crippen molar-refractivity contribution in [1.82, 2.24) is 24.2 Å². The van der Waals surface area contributed by atoms with E-state index in [1.54, 1.807) is 4.68 Å². The first-order chi connectivity index (χ1) is 13.5. The van der Waals surface area contributed by atoms with Gasteiger partial charge in [-0.1, -0.05) is 17.7 Å². The van der Waals surface area contributed by atoms with Crippen molar-refractivity contribution in [2.24, 2.45) is 0 Å². The number of benzene rings is 1. The topological polar surface area (TPSA) is 73.0 Å². The molecule has 7 heteroatoms. The van der Waals surface area contributed by atoms with Crippen molar-refractivity contribution in [2.45, 2.75) is 58.7 Å². The van der Waals surface area contributed by atoms with Crippen LogP contribution in [0.5, 0.6) is 0 Å². The molecule has 0 N–H and O–H groups in total. The highest BCUT2D eigenvalue weighted by atomic mass is 16.2. The molecule has 0 bridgehead atoms. The van der Waals surface area contributed by atoms with Crippen molar-refractivity contribution in [3.05, 3.63) is 52.7 Å². The smallest absolute Gasteiger partial charge is 0.264 e. The maximum atomic E-state index is 12.9. The van der Waals surface area contributed by atoms with Crippen LogP contribution in [0.25, 0.3) is 16.7 Å². The molecule has 1 saturated heterocycles. The minimum Gasteiger partial charge on any atom is -0.336 e. The number of rotatable bonds is 3. The average molecular weight is 379 g/mol. The first-order valence-electron chi connectivity index (χ1n) is 9.77. The monoisotopic (exact) mass is 379 g/mol. The third kappa shape index (κ3) is 3.21. The summed E-state index contributed by atoms with van der Waals surface area (Å²) in [5.41, 5.74) is 2.25. The number of carbonyl (C=O) groups excluding carboxylic acids is 1. The van der Waals surface area contributed by atoms with Gasteiger partial charge >= 0.3 is 0 Å². The molecule has 1 fully saturated rings. The maximum Gasteiger partial charge on any atom is 0.264 e. The lowest BCUT2D eigenvalue weighted by molar-refractivity contribution is -0.138. The van der Waals surface area contributed by atoms with Gasteiger partial charge in [-0.05, 0) is 52.2 Å². The Bertz CT molecular complexity index is 1060. The molecule has 28 heavy (non-hydrogen) atoms. The molecule has 2 atom stereocenters. The van der Waals surface area contributed by atoms with Gasteiger partial charge in [0.2, 0.25) is 5.91 Å². The van der Waals surface area contributed by atoms with Crippen molar-refractivity contribution < 1.29 is 4.79 Å². The first kappa shape index (κ1) is 18.4. The Balaban J connectivity index is 1.65. The largest absolute Gasteiger partial charge is 0.336 e. The Kier molecular flexibility index (Phi) is 4.75. The second-order valence-electron chi connectivity index (χ2n) is 7.74. The predicted octanol–water partition coefficient (Wildman–Crippen LogP) is 2.68. The van der Waals surface area contributed by atoms with Gasteiger partial charge in [-0.25, -0.2) is 9.67 Å². The van der Waals surface area contributed by atoms with Crippen molar-refractivity contribution >= 4 is 16.9 Å². The highest BCUT2D eigenvalue weighted by Gasteiger charge is 2.29. The number of piperidine rings is 1. The van der Waals surface area contributed by atoms with Crippen LogP contribution < -0.4 is 5.56 Å². The summed E-state index contributed by atoms with van der Waals surface area (Å²) in [4.78, 5) is 32.1. The Morgan fingerprint density at radius 3 is 2.50 bits per heavy atom. The Hall–Kier alpha value is -2.96. The van der Waals surface area contributed by atoms with Crippen LogP contribution in [0.3, 0.4) is 0 Å². The number of hydrogen-bond acceptors (Lipinski definition) is 4. The summed E-state index contributed by atoms with van der Waals surface area (Å²) in [6, 6.07) is 8.27. The van der Waals surface area contributed by atoms with Crippen molar-refractivity contribution in [1.29, 1.82) is 0 Å². The highest BCUT2D eigenvalue weighted by molar-refractivity contribution is 5.78. The van der Waals surface area contributed by atoms with Crippen LogP contribution in [-0.2, 0) is 11.3 Å². The van der Waals surface area contributed by atoms with Crippen LogP contribution in [-0.4, -0.2) is 42.2 Å². The molecule has 2 aromatic heterocycles. The van der Waals surface area contributed by atoms with Gasteiger partial charge < -0.3 is 4.90 Å². The molecule has 1 amide bonds. The Morgan fingerprint density at radius 2 is 1.82 bits per heavy atom. The molecule has 3 heterocycles. The van der Waals surface area contributed by atoms with E-state index in [-0.39, 0.29) is 30.1 Å². The van der Waals surface area contributed by atoms with Crippen LogP contribution in [0.4, 0.5) is 0 Å². The molecule has 7 nitrogen and oxygen atoms in total. The van der Waals surface area contributed by atoms with Gasteiger partial charge in [-0.15, -0.1) is 0 Å². The van der Waals surface area contributed by atoms with Crippen molar-refractivity contribution in [3.8, 4) is 5.69 Å². The molecular weight excluding hydrogens is 354 g/mol. The van der Waals surface area contributed by atoms with E-state index < -0.39 is 0 Å². The van der Waals surface area contributed by atoms with Gasteiger partial charge in [0.1, 0.15) is 18.3 Å². The summed E-state index contributed by atoms with van der Waals surface area (Å²) >= 11 is 0. The minimum atomic E-state index is -0.242. The second-order valence-corrected chi connectivity index (χ2v) is 7.74. The molecule has 146 valence electrons. The van der Waals surface area contributed by atoms with E-state index in [4.69, 9.17) is 0 Å². The summed E-state index contributed by atoms with van der Waals surface area (Å²) in [5, 5.41) is 4.75. The fourth-order valence-corrected chi connectivity index (χ4v) is 4.08. The zero-order chi connectivity index (χ0) is 19.8. The summed E-state index contributed by atoms with van der Waals surface area (Å²) in [6.07, 6.45) is 6.13. The molecule has 3 aromatic rings. The molecular formula is C21H25N5O2. The Labute approximate surface area is 163 Å². The third-order valence-corrected chi connectivity index (χ3v) is 5.62. The number of aromatic nitrogens is 4.